The van der Waals surface area contributed by atoms with Crippen LogP contribution in [0.3, 0.4) is 0 Å². The van der Waals surface area contributed by atoms with E-state index in [4.69, 9.17) is 0 Å². The molecule has 0 spiro atoms. The van der Waals surface area contributed by atoms with E-state index in [1.165, 1.54) is 6.92 Å². The summed E-state index contributed by atoms with van der Waals surface area (Å²) in [6.45, 7) is 6.65. The smallest absolute Gasteiger partial charge is 0.222 e. The summed E-state index contributed by atoms with van der Waals surface area (Å²) in [5, 5.41) is 5.81. The molecular weight excluding hydrogens is 352 g/mol. The van der Waals surface area contributed by atoms with Gasteiger partial charge in [0.2, 0.25) is 11.8 Å². The first-order valence-electron chi connectivity index (χ1n) is 9.52. The first kappa shape index (κ1) is 19.6. The molecule has 2 N–H and O–H groups in total. The standard InChI is InChI=1S/C22H26N4O2/c1-4-26-20-8-6-5-7-18(20)25-21(26)14-23-22(28)13-19(24-16(3)27)17-11-9-15(2)10-12-17/h5-12,19H,4,13-14H2,1-3H3,(H,23,28)(H,24,27)/t19-/m0/s1. The average Bonchev–Trinajstić information content (AvgIpc) is 3.03. The molecule has 1 atom stereocenters. The minimum absolute atomic E-state index is 0.131. The van der Waals surface area contributed by atoms with Gasteiger partial charge in [-0.25, -0.2) is 4.98 Å². The lowest BCUT2D eigenvalue weighted by Crippen LogP contribution is -2.32. The molecule has 1 aromatic heterocycles. The first-order chi connectivity index (χ1) is 13.5. The van der Waals surface area contributed by atoms with Crippen LogP contribution in [0.1, 0.15) is 43.3 Å². The van der Waals surface area contributed by atoms with E-state index >= 15 is 0 Å². The van der Waals surface area contributed by atoms with Crippen molar-refractivity contribution in [3.8, 4) is 0 Å². The van der Waals surface area contributed by atoms with Crippen molar-refractivity contribution in [2.45, 2.75) is 46.3 Å². The van der Waals surface area contributed by atoms with Crippen LogP contribution in [-0.2, 0) is 22.7 Å². The molecule has 0 bridgehead atoms. The number of fused-ring (bicyclic) bond motifs is 1. The fourth-order valence-corrected chi connectivity index (χ4v) is 3.34. The molecule has 3 aromatic rings. The van der Waals surface area contributed by atoms with Crippen LogP contribution in [0.15, 0.2) is 48.5 Å². The Hall–Kier alpha value is -3.15. The zero-order valence-corrected chi connectivity index (χ0v) is 16.5. The second-order valence-corrected chi connectivity index (χ2v) is 6.91. The highest BCUT2D eigenvalue weighted by Crippen LogP contribution is 2.19. The summed E-state index contributed by atoms with van der Waals surface area (Å²) in [5.74, 6) is 0.531. The molecule has 0 aliphatic heterocycles. The topological polar surface area (TPSA) is 76.0 Å². The summed E-state index contributed by atoms with van der Waals surface area (Å²) in [6.07, 6.45) is 0.176. The Morgan fingerprint density at radius 3 is 2.50 bits per heavy atom. The molecule has 0 saturated heterocycles. The van der Waals surface area contributed by atoms with E-state index in [2.05, 4.69) is 27.1 Å². The predicted molar refractivity (Wildman–Crippen MR) is 110 cm³/mol. The van der Waals surface area contributed by atoms with Gasteiger partial charge in [-0.3, -0.25) is 9.59 Å². The van der Waals surface area contributed by atoms with E-state index in [1.54, 1.807) is 0 Å². The molecule has 28 heavy (non-hydrogen) atoms. The Morgan fingerprint density at radius 1 is 1.11 bits per heavy atom. The van der Waals surface area contributed by atoms with Crippen LogP contribution in [0.5, 0.6) is 0 Å². The molecule has 0 saturated carbocycles. The van der Waals surface area contributed by atoms with E-state index in [-0.39, 0.29) is 24.3 Å². The minimum Gasteiger partial charge on any atom is -0.349 e. The number of aryl methyl sites for hydroxylation is 2. The van der Waals surface area contributed by atoms with Gasteiger partial charge >= 0.3 is 0 Å². The number of nitrogens with zero attached hydrogens (tertiary/aromatic N) is 2. The molecule has 2 amide bonds. The van der Waals surface area contributed by atoms with Crippen molar-refractivity contribution >= 4 is 22.8 Å². The minimum atomic E-state index is -0.358. The fourth-order valence-electron chi connectivity index (χ4n) is 3.34. The third kappa shape index (κ3) is 4.57. The van der Waals surface area contributed by atoms with Crippen molar-refractivity contribution in [1.29, 1.82) is 0 Å². The monoisotopic (exact) mass is 378 g/mol. The Balaban J connectivity index is 1.69. The third-order valence-electron chi connectivity index (χ3n) is 4.74. The number of rotatable bonds is 7. The SMILES string of the molecule is CCn1c(CNC(=O)C[C@H](NC(C)=O)c2ccc(C)cc2)nc2ccccc21. The van der Waals surface area contributed by atoms with Crippen molar-refractivity contribution in [2.75, 3.05) is 0 Å². The largest absolute Gasteiger partial charge is 0.349 e. The molecule has 0 radical (unpaired) electrons. The van der Waals surface area contributed by atoms with Crippen LogP contribution in [-0.4, -0.2) is 21.4 Å². The highest BCUT2D eigenvalue weighted by Gasteiger charge is 2.18. The predicted octanol–water partition coefficient (Wildman–Crippen LogP) is 3.25. The number of imidazole rings is 1. The van der Waals surface area contributed by atoms with Crippen molar-refractivity contribution in [3.63, 3.8) is 0 Å². The molecule has 146 valence electrons. The van der Waals surface area contributed by atoms with Gasteiger partial charge in [0.15, 0.2) is 0 Å². The van der Waals surface area contributed by atoms with Crippen molar-refractivity contribution < 1.29 is 9.59 Å². The average molecular weight is 378 g/mol. The summed E-state index contributed by atoms with van der Waals surface area (Å²) in [4.78, 5) is 28.8. The zero-order valence-electron chi connectivity index (χ0n) is 16.5. The van der Waals surface area contributed by atoms with Gasteiger partial charge in [-0.1, -0.05) is 42.0 Å². The lowest BCUT2D eigenvalue weighted by Gasteiger charge is -2.18. The molecule has 6 nitrogen and oxygen atoms in total. The lowest BCUT2D eigenvalue weighted by atomic mass is 10.0. The van der Waals surface area contributed by atoms with Crippen LogP contribution in [0.2, 0.25) is 0 Å². The van der Waals surface area contributed by atoms with E-state index in [0.29, 0.717) is 6.54 Å². The van der Waals surface area contributed by atoms with Gasteiger partial charge in [0.05, 0.1) is 30.0 Å². The van der Waals surface area contributed by atoms with Gasteiger partial charge in [-0.2, -0.15) is 0 Å². The molecule has 6 heteroatoms. The Labute approximate surface area is 165 Å². The molecule has 0 aliphatic rings. The number of nitrogens with one attached hydrogen (secondary N) is 2. The highest BCUT2D eigenvalue weighted by atomic mass is 16.2. The molecule has 2 aromatic carbocycles. The molecule has 0 unspecified atom stereocenters. The van der Waals surface area contributed by atoms with Crippen molar-refractivity contribution in [1.82, 2.24) is 20.2 Å². The Kier molecular flexibility index (Phi) is 6.09. The number of aromatic nitrogens is 2. The van der Waals surface area contributed by atoms with Crippen LogP contribution >= 0.6 is 0 Å². The van der Waals surface area contributed by atoms with Crippen molar-refractivity contribution in [2.24, 2.45) is 0 Å². The maximum atomic E-state index is 12.6. The first-order valence-corrected chi connectivity index (χ1v) is 9.52. The second-order valence-electron chi connectivity index (χ2n) is 6.91. The van der Waals surface area contributed by atoms with Gasteiger partial charge < -0.3 is 15.2 Å². The van der Waals surface area contributed by atoms with Gasteiger partial charge in [-0.15, -0.1) is 0 Å². The Bertz CT molecular complexity index is 976. The summed E-state index contributed by atoms with van der Waals surface area (Å²) in [7, 11) is 0. The number of hydrogen-bond donors (Lipinski definition) is 2. The van der Waals surface area contributed by atoms with Gasteiger partial charge in [-0.05, 0) is 31.5 Å². The van der Waals surface area contributed by atoms with E-state index < -0.39 is 0 Å². The van der Waals surface area contributed by atoms with Crippen LogP contribution < -0.4 is 10.6 Å². The van der Waals surface area contributed by atoms with Crippen LogP contribution in [0, 0.1) is 6.92 Å². The summed E-state index contributed by atoms with van der Waals surface area (Å²) < 4.78 is 2.10. The second kappa shape index (κ2) is 8.69. The Morgan fingerprint density at radius 2 is 1.82 bits per heavy atom. The maximum absolute atomic E-state index is 12.6. The summed E-state index contributed by atoms with van der Waals surface area (Å²) in [5.41, 5.74) is 4.03. The number of benzene rings is 2. The molecule has 1 heterocycles. The third-order valence-corrected chi connectivity index (χ3v) is 4.74. The van der Waals surface area contributed by atoms with Crippen molar-refractivity contribution in [3.05, 3.63) is 65.5 Å². The molecule has 3 rings (SSSR count). The number of para-hydroxylation sites is 2. The van der Waals surface area contributed by atoms with E-state index in [9.17, 15) is 9.59 Å². The van der Waals surface area contributed by atoms with Crippen LogP contribution in [0.25, 0.3) is 11.0 Å². The van der Waals surface area contributed by atoms with Crippen LogP contribution in [0.4, 0.5) is 0 Å². The van der Waals surface area contributed by atoms with Gasteiger partial charge in [0, 0.05) is 13.5 Å². The fraction of sp³-hybridized carbons (Fsp3) is 0.318. The number of hydrogen-bond acceptors (Lipinski definition) is 3. The maximum Gasteiger partial charge on any atom is 0.222 e. The number of carbonyl (C=O) groups excluding carboxylic acids is 2. The molecule has 0 fully saturated rings. The lowest BCUT2D eigenvalue weighted by molar-refractivity contribution is -0.123. The van der Waals surface area contributed by atoms with E-state index in [1.807, 2.05) is 55.5 Å². The zero-order chi connectivity index (χ0) is 20.1. The number of carbonyl (C=O) groups is 2. The highest BCUT2D eigenvalue weighted by molar-refractivity contribution is 5.79. The molecule has 0 aliphatic carbocycles. The van der Waals surface area contributed by atoms with Gasteiger partial charge in [0.1, 0.15) is 5.82 Å². The summed E-state index contributed by atoms with van der Waals surface area (Å²) >= 11 is 0. The van der Waals surface area contributed by atoms with Gasteiger partial charge in [0.25, 0.3) is 0 Å². The molecular formula is C22H26N4O2. The summed E-state index contributed by atoms with van der Waals surface area (Å²) in [6, 6.07) is 15.4. The number of amides is 2. The quantitative estimate of drug-likeness (QED) is 0.663. The van der Waals surface area contributed by atoms with E-state index in [0.717, 1.165) is 34.5 Å². The normalized spacial score (nSPS) is 12.0.